The number of nitrogens with one attached hydrogen (secondary N) is 1. The van der Waals surface area contributed by atoms with Gasteiger partial charge < -0.3 is 14.6 Å². The SMILES string of the molecule is CCOc1ccc(N=C2NC(=O)C(=Cc3cc(C)n(-c4ccncc4)c3C)S2)cc1. The molecule has 6 nitrogen and oxygen atoms in total. The molecule has 0 bridgehead atoms. The van der Waals surface area contributed by atoms with Crippen molar-refractivity contribution < 1.29 is 9.53 Å². The van der Waals surface area contributed by atoms with Gasteiger partial charge in [-0.2, -0.15) is 0 Å². The molecule has 1 fully saturated rings. The summed E-state index contributed by atoms with van der Waals surface area (Å²) in [5, 5.41) is 3.41. The van der Waals surface area contributed by atoms with Crippen LogP contribution in [0.1, 0.15) is 23.9 Å². The molecule has 1 aliphatic heterocycles. The Bertz CT molecular complexity index is 1130. The van der Waals surface area contributed by atoms with Crippen LogP contribution < -0.4 is 10.1 Å². The molecule has 3 aromatic rings. The normalized spacial score (nSPS) is 16.3. The number of amidine groups is 1. The molecule has 1 aliphatic rings. The summed E-state index contributed by atoms with van der Waals surface area (Å²) in [6.07, 6.45) is 5.47. The van der Waals surface area contributed by atoms with Gasteiger partial charge in [0.1, 0.15) is 5.75 Å². The molecule has 3 heterocycles. The zero-order valence-electron chi connectivity index (χ0n) is 17.0. The Kier molecular flexibility index (Phi) is 5.72. The number of amides is 1. The minimum Gasteiger partial charge on any atom is -0.494 e. The van der Waals surface area contributed by atoms with Crippen molar-refractivity contribution in [2.24, 2.45) is 4.99 Å². The van der Waals surface area contributed by atoms with Gasteiger partial charge in [0.05, 0.1) is 17.2 Å². The summed E-state index contributed by atoms with van der Waals surface area (Å²) < 4.78 is 7.60. The van der Waals surface area contributed by atoms with Crippen LogP contribution in [-0.2, 0) is 4.79 Å². The average Bonchev–Trinajstić information content (AvgIpc) is 3.22. The molecule has 4 rings (SSSR count). The molecule has 152 valence electrons. The minimum atomic E-state index is -0.140. The van der Waals surface area contributed by atoms with Crippen LogP contribution >= 0.6 is 11.8 Å². The standard InChI is InChI=1S/C23H22N4O2S/c1-4-29-20-7-5-18(6-8-20)25-23-26-22(28)21(30-23)14-17-13-15(2)27(16(17)3)19-9-11-24-12-10-19/h5-14H,4H2,1-3H3,(H,25,26,28). The summed E-state index contributed by atoms with van der Waals surface area (Å²) in [7, 11) is 0. The number of rotatable bonds is 5. The molecule has 1 aromatic carbocycles. The van der Waals surface area contributed by atoms with E-state index in [1.54, 1.807) is 12.4 Å². The second-order valence-corrected chi connectivity index (χ2v) is 7.81. The lowest BCUT2D eigenvalue weighted by molar-refractivity contribution is -0.115. The lowest BCUT2D eigenvalue weighted by atomic mass is 10.2. The number of aryl methyl sites for hydroxylation is 1. The first-order valence-electron chi connectivity index (χ1n) is 9.67. The minimum absolute atomic E-state index is 0.140. The summed E-state index contributed by atoms with van der Waals surface area (Å²) in [6, 6.07) is 13.5. The van der Waals surface area contributed by atoms with E-state index in [9.17, 15) is 4.79 Å². The van der Waals surface area contributed by atoms with E-state index in [-0.39, 0.29) is 5.91 Å². The maximum atomic E-state index is 12.5. The smallest absolute Gasteiger partial charge is 0.264 e. The molecule has 0 unspecified atom stereocenters. The molecular weight excluding hydrogens is 396 g/mol. The van der Waals surface area contributed by atoms with E-state index in [2.05, 4.69) is 32.9 Å². The van der Waals surface area contributed by atoms with Gasteiger partial charge in [0.15, 0.2) is 5.17 Å². The van der Waals surface area contributed by atoms with Crippen molar-refractivity contribution >= 4 is 34.6 Å². The van der Waals surface area contributed by atoms with E-state index < -0.39 is 0 Å². The van der Waals surface area contributed by atoms with Crippen LogP contribution in [0.15, 0.2) is 64.8 Å². The molecule has 0 radical (unpaired) electrons. The summed E-state index contributed by atoms with van der Waals surface area (Å²) in [5.41, 5.74) is 4.97. The number of aliphatic imine (C=N–C) groups is 1. The first-order valence-corrected chi connectivity index (χ1v) is 10.5. The van der Waals surface area contributed by atoms with Crippen LogP contribution in [0.5, 0.6) is 5.75 Å². The average molecular weight is 419 g/mol. The third-order valence-electron chi connectivity index (χ3n) is 4.71. The maximum Gasteiger partial charge on any atom is 0.264 e. The zero-order valence-corrected chi connectivity index (χ0v) is 17.9. The van der Waals surface area contributed by atoms with Crippen LogP contribution in [0.4, 0.5) is 5.69 Å². The van der Waals surface area contributed by atoms with Gasteiger partial charge >= 0.3 is 0 Å². The molecule has 30 heavy (non-hydrogen) atoms. The number of ether oxygens (including phenoxy) is 1. The van der Waals surface area contributed by atoms with Crippen molar-refractivity contribution in [3.05, 3.63) is 76.7 Å². The number of benzene rings is 1. The molecule has 0 aliphatic carbocycles. The van der Waals surface area contributed by atoms with Crippen LogP contribution in [-0.4, -0.2) is 27.2 Å². The van der Waals surface area contributed by atoms with Gasteiger partial charge in [-0.05, 0) is 86.6 Å². The summed E-state index contributed by atoms with van der Waals surface area (Å²) in [4.78, 5) is 21.7. The van der Waals surface area contributed by atoms with Crippen LogP contribution in [0.25, 0.3) is 11.8 Å². The number of carbonyl (C=O) groups excluding carboxylic acids is 1. The number of pyridine rings is 1. The molecule has 1 N–H and O–H groups in total. The van der Waals surface area contributed by atoms with Gasteiger partial charge in [-0.25, -0.2) is 4.99 Å². The van der Waals surface area contributed by atoms with Gasteiger partial charge in [-0.3, -0.25) is 9.78 Å². The molecule has 1 saturated heterocycles. The van der Waals surface area contributed by atoms with Crippen molar-refractivity contribution in [2.75, 3.05) is 6.61 Å². The lowest BCUT2D eigenvalue weighted by Gasteiger charge is -2.08. The summed E-state index contributed by atoms with van der Waals surface area (Å²) in [5.74, 6) is 0.660. The summed E-state index contributed by atoms with van der Waals surface area (Å²) in [6.45, 7) is 6.67. The molecule has 1 amide bonds. The Labute approximate surface area is 179 Å². The molecule has 0 spiro atoms. The number of thioether (sulfide) groups is 1. The third-order valence-corrected chi connectivity index (χ3v) is 5.62. The number of nitrogens with zero attached hydrogens (tertiary/aromatic N) is 3. The van der Waals surface area contributed by atoms with E-state index in [0.29, 0.717) is 16.7 Å². The largest absolute Gasteiger partial charge is 0.494 e. The number of hydrogen-bond acceptors (Lipinski definition) is 5. The monoisotopic (exact) mass is 418 g/mol. The van der Waals surface area contributed by atoms with Gasteiger partial charge in [0.2, 0.25) is 0 Å². The van der Waals surface area contributed by atoms with Gasteiger partial charge in [0, 0.05) is 29.5 Å². The Hall–Kier alpha value is -3.32. The van der Waals surface area contributed by atoms with Crippen molar-refractivity contribution in [1.29, 1.82) is 0 Å². The van der Waals surface area contributed by atoms with E-state index in [4.69, 9.17) is 4.74 Å². The Morgan fingerprint density at radius 3 is 2.60 bits per heavy atom. The molecule has 0 saturated carbocycles. The second-order valence-electron chi connectivity index (χ2n) is 6.78. The van der Waals surface area contributed by atoms with Gasteiger partial charge in [-0.15, -0.1) is 0 Å². The maximum absolute atomic E-state index is 12.5. The summed E-state index contributed by atoms with van der Waals surface area (Å²) >= 11 is 1.34. The molecule has 0 atom stereocenters. The fourth-order valence-corrected chi connectivity index (χ4v) is 4.18. The van der Waals surface area contributed by atoms with Crippen LogP contribution in [0, 0.1) is 13.8 Å². The zero-order chi connectivity index (χ0) is 21.1. The highest BCUT2D eigenvalue weighted by Gasteiger charge is 2.24. The fourth-order valence-electron chi connectivity index (χ4n) is 3.35. The highest BCUT2D eigenvalue weighted by atomic mass is 32.2. The van der Waals surface area contributed by atoms with E-state index in [1.807, 2.05) is 56.3 Å². The first-order chi connectivity index (χ1) is 14.5. The van der Waals surface area contributed by atoms with Crippen molar-refractivity contribution in [3.63, 3.8) is 0 Å². The molecule has 7 heteroatoms. The predicted octanol–water partition coefficient (Wildman–Crippen LogP) is 4.78. The fraction of sp³-hybridized carbons (Fsp3) is 0.174. The van der Waals surface area contributed by atoms with Crippen molar-refractivity contribution in [2.45, 2.75) is 20.8 Å². The van der Waals surface area contributed by atoms with E-state index in [0.717, 1.165) is 34.1 Å². The third kappa shape index (κ3) is 4.16. The number of aromatic nitrogens is 2. The quantitative estimate of drug-likeness (QED) is 0.606. The lowest BCUT2D eigenvalue weighted by Crippen LogP contribution is -2.19. The Morgan fingerprint density at radius 2 is 1.90 bits per heavy atom. The van der Waals surface area contributed by atoms with E-state index in [1.165, 1.54) is 11.8 Å². The van der Waals surface area contributed by atoms with Gasteiger partial charge in [-0.1, -0.05) is 0 Å². The number of hydrogen-bond donors (Lipinski definition) is 1. The highest BCUT2D eigenvalue weighted by Crippen LogP contribution is 2.30. The molecular formula is C23H22N4O2S. The first kappa shape index (κ1) is 20.0. The van der Waals surface area contributed by atoms with E-state index >= 15 is 0 Å². The number of carbonyl (C=O) groups is 1. The highest BCUT2D eigenvalue weighted by molar-refractivity contribution is 8.18. The van der Waals surface area contributed by atoms with Gasteiger partial charge in [0.25, 0.3) is 5.91 Å². The van der Waals surface area contributed by atoms with Crippen LogP contribution in [0.2, 0.25) is 0 Å². The van der Waals surface area contributed by atoms with Crippen molar-refractivity contribution in [3.8, 4) is 11.4 Å². The Morgan fingerprint density at radius 1 is 1.17 bits per heavy atom. The van der Waals surface area contributed by atoms with Crippen molar-refractivity contribution in [1.82, 2.24) is 14.9 Å². The molecule has 2 aromatic heterocycles. The predicted molar refractivity (Wildman–Crippen MR) is 121 cm³/mol. The Balaban J connectivity index is 1.57. The second kappa shape index (κ2) is 8.59. The topological polar surface area (TPSA) is 68.5 Å². The van der Waals surface area contributed by atoms with Crippen LogP contribution in [0.3, 0.4) is 0 Å².